The Bertz CT molecular complexity index is 1190. The smallest absolute Gasteiger partial charge is 0.264 e. The molecule has 1 N–H and O–H groups in total. The largest absolute Gasteiger partial charge is 0.345 e. The van der Waals surface area contributed by atoms with Gasteiger partial charge in [0, 0.05) is 16.1 Å². The molecule has 1 amide bonds. The molecule has 5 heteroatoms. The second kappa shape index (κ2) is 6.66. The Hall–Kier alpha value is -3.37. The van der Waals surface area contributed by atoms with Crippen LogP contribution in [0.4, 0.5) is 11.5 Å². The number of hydrogen-bond acceptors (Lipinski definition) is 3. The molecule has 1 atom stereocenters. The molecule has 5 rings (SSSR count). The van der Waals surface area contributed by atoms with Crippen molar-refractivity contribution in [3.63, 3.8) is 0 Å². The van der Waals surface area contributed by atoms with Crippen molar-refractivity contribution < 1.29 is 4.79 Å². The minimum atomic E-state index is -0.408. The van der Waals surface area contributed by atoms with Crippen molar-refractivity contribution >= 4 is 39.9 Å². The summed E-state index contributed by atoms with van der Waals surface area (Å²) in [5, 5.41) is 5.00. The maximum Gasteiger partial charge on any atom is 0.264 e. The van der Waals surface area contributed by atoms with E-state index in [0.29, 0.717) is 16.4 Å². The molecule has 0 bridgehead atoms. The Morgan fingerprint density at radius 1 is 0.893 bits per heavy atom. The van der Waals surface area contributed by atoms with Gasteiger partial charge in [0.15, 0.2) is 0 Å². The first-order valence-corrected chi connectivity index (χ1v) is 9.39. The molecular weight excluding hydrogens is 370 g/mol. The topological polar surface area (TPSA) is 45.2 Å². The Balaban J connectivity index is 1.71. The number of nitrogens with zero attached hydrogens (tertiary/aromatic N) is 2. The zero-order valence-corrected chi connectivity index (χ0v) is 15.6. The first-order chi connectivity index (χ1) is 13.7. The number of amides is 1. The number of rotatable bonds is 2. The fourth-order valence-electron chi connectivity index (χ4n) is 3.59. The van der Waals surface area contributed by atoms with Gasteiger partial charge in [-0.2, -0.15) is 0 Å². The molecule has 1 aliphatic heterocycles. The predicted octanol–water partition coefficient (Wildman–Crippen LogP) is 5.66. The quantitative estimate of drug-likeness (QED) is 0.484. The van der Waals surface area contributed by atoms with Crippen molar-refractivity contribution in [3.8, 4) is 0 Å². The summed E-state index contributed by atoms with van der Waals surface area (Å²) in [4.78, 5) is 20.0. The van der Waals surface area contributed by atoms with E-state index in [1.165, 1.54) is 0 Å². The molecule has 1 aliphatic rings. The summed E-state index contributed by atoms with van der Waals surface area (Å²) >= 11 is 6.23. The van der Waals surface area contributed by atoms with Gasteiger partial charge in [0.05, 0.1) is 11.1 Å². The van der Waals surface area contributed by atoms with Crippen molar-refractivity contribution in [2.45, 2.75) is 6.17 Å². The number of anilines is 2. The van der Waals surface area contributed by atoms with Gasteiger partial charge < -0.3 is 5.32 Å². The molecule has 0 aliphatic carbocycles. The van der Waals surface area contributed by atoms with E-state index in [0.717, 1.165) is 22.2 Å². The van der Waals surface area contributed by atoms with Crippen molar-refractivity contribution in [1.29, 1.82) is 0 Å². The minimum absolute atomic E-state index is 0.0943. The first-order valence-electron chi connectivity index (χ1n) is 9.01. The molecule has 3 aromatic carbocycles. The highest BCUT2D eigenvalue weighted by Crippen LogP contribution is 2.37. The summed E-state index contributed by atoms with van der Waals surface area (Å²) < 4.78 is 0. The molecule has 1 aromatic heterocycles. The molecule has 0 spiro atoms. The van der Waals surface area contributed by atoms with Gasteiger partial charge in [0.2, 0.25) is 0 Å². The summed E-state index contributed by atoms with van der Waals surface area (Å²) in [6.45, 7) is 0. The summed E-state index contributed by atoms with van der Waals surface area (Å²) in [7, 11) is 0. The number of benzene rings is 3. The molecule has 4 aromatic rings. The van der Waals surface area contributed by atoms with Crippen molar-refractivity contribution in [2.75, 3.05) is 10.2 Å². The standard InChI is InChI=1S/C23H16ClN3O/c24-17-9-6-8-16(13-17)22-26-21-19(14-15-7-4-5-12-20(15)25-21)23(28)27(22)18-10-2-1-3-11-18/h1-14,22H,(H,25,26). The van der Waals surface area contributed by atoms with Gasteiger partial charge >= 0.3 is 0 Å². The summed E-state index contributed by atoms with van der Waals surface area (Å²) in [6.07, 6.45) is -0.408. The monoisotopic (exact) mass is 385 g/mol. The first kappa shape index (κ1) is 16.8. The van der Waals surface area contributed by atoms with Crippen LogP contribution in [0.3, 0.4) is 0 Å². The molecule has 136 valence electrons. The molecule has 0 radical (unpaired) electrons. The highest BCUT2D eigenvalue weighted by atomic mass is 35.5. The van der Waals surface area contributed by atoms with Crippen LogP contribution in [0.1, 0.15) is 22.1 Å². The molecule has 4 nitrogen and oxygen atoms in total. The second-order valence-corrected chi connectivity index (χ2v) is 7.13. The van der Waals surface area contributed by atoms with Crippen LogP contribution < -0.4 is 10.2 Å². The molecule has 0 fully saturated rings. The van der Waals surface area contributed by atoms with Gasteiger partial charge in [-0.25, -0.2) is 4.98 Å². The zero-order chi connectivity index (χ0) is 19.1. The fraction of sp³-hybridized carbons (Fsp3) is 0.0435. The van der Waals surface area contributed by atoms with E-state index >= 15 is 0 Å². The van der Waals surface area contributed by atoms with Crippen LogP contribution in [0.2, 0.25) is 5.02 Å². The van der Waals surface area contributed by atoms with E-state index in [1.807, 2.05) is 84.9 Å². The van der Waals surface area contributed by atoms with E-state index in [2.05, 4.69) is 5.32 Å². The lowest BCUT2D eigenvalue weighted by Gasteiger charge is -2.37. The molecule has 0 saturated heterocycles. The van der Waals surface area contributed by atoms with Gasteiger partial charge in [0.1, 0.15) is 12.0 Å². The van der Waals surface area contributed by atoms with Gasteiger partial charge in [-0.1, -0.05) is 60.1 Å². The molecule has 2 heterocycles. The lowest BCUT2D eigenvalue weighted by molar-refractivity contribution is 0.0974. The lowest BCUT2D eigenvalue weighted by atomic mass is 10.0. The highest BCUT2D eigenvalue weighted by Gasteiger charge is 2.35. The van der Waals surface area contributed by atoms with E-state index in [-0.39, 0.29) is 5.91 Å². The minimum Gasteiger partial charge on any atom is -0.345 e. The van der Waals surface area contributed by atoms with Crippen LogP contribution in [0.25, 0.3) is 10.9 Å². The third kappa shape index (κ3) is 2.79. The Morgan fingerprint density at radius 3 is 2.50 bits per heavy atom. The second-order valence-electron chi connectivity index (χ2n) is 6.69. The average Bonchev–Trinajstić information content (AvgIpc) is 2.73. The number of carbonyl (C=O) groups is 1. The average molecular weight is 386 g/mol. The van der Waals surface area contributed by atoms with Crippen LogP contribution >= 0.6 is 11.6 Å². The van der Waals surface area contributed by atoms with Crippen LogP contribution in [-0.2, 0) is 0 Å². The van der Waals surface area contributed by atoms with E-state index < -0.39 is 6.17 Å². The number of pyridine rings is 1. The van der Waals surface area contributed by atoms with Gasteiger partial charge in [-0.15, -0.1) is 0 Å². The highest BCUT2D eigenvalue weighted by molar-refractivity contribution is 6.30. The van der Waals surface area contributed by atoms with Crippen LogP contribution in [-0.4, -0.2) is 10.9 Å². The predicted molar refractivity (Wildman–Crippen MR) is 113 cm³/mol. The lowest BCUT2D eigenvalue weighted by Crippen LogP contribution is -2.43. The Labute approximate surface area is 167 Å². The van der Waals surface area contributed by atoms with E-state index in [4.69, 9.17) is 16.6 Å². The summed E-state index contributed by atoms with van der Waals surface area (Å²) in [6, 6.07) is 26.9. The third-order valence-corrected chi connectivity index (χ3v) is 5.14. The number of nitrogens with one attached hydrogen (secondary N) is 1. The number of fused-ring (bicyclic) bond motifs is 2. The number of halogens is 1. The molecule has 28 heavy (non-hydrogen) atoms. The van der Waals surface area contributed by atoms with Gasteiger partial charge in [-0.05, 0) is 42.0 Å². The van der Waals surface area contributed by atoms with E-state index in [1.54, 1.807) is 4.90 Å². The number of hydrogen-bond donors (Lipinski definition) is 1. The van der Waals surface area contributed by atoms with Crippen molar-refractivity contribution in [1.82, 2.24) is 4.98 Å². The van der Waals surface area contributed by atoms with Crippen LogP contribution in [0, 0.1) is 0 Å². The van der Waals surface area contributed by atoms with Gasteiger partial charge in [0.25, 0.3) is 5.91 Å². The summed E-state index contributed by atoms with van der Waals surface area (Å²) in [5.74, 6) is 0.490. The fourth-order valence-corrected chi connectivity index (χ4v) is 3.79. The Morgan fingerprint density at radius 2 is 1.68 bits per heavy atom. The molecule has 1 unspecified atom stereocenters. The van der Waals surface area contributed by atoms with Crippen molar-refractivity contribution in [3.05, 3.63) is 101 Å². The molecular formula is C23H16ClN3O. The zero-order valence-electron chi connectivity index (χ0n) is 14.8. The third-order valence-electron chi connectivity index (χ3n) is 4.90. The number of aromatic nitrogens is 1. The number of carbonyl (C=O) groups excluding carboxylic acids is 1. The van der Waals surface area contributed by atoms with Gasteiger partial charge in [-0.3, -0.25) is 9.69 Å². The summed E-state index contributed by atoms with van der Waals surface area (Å²) in [5.41, 5.74) is 3.11. The van der Waals surface area contributed by atoms with Crippen molar-refractivity contribution in [2.24, 2.45) is 0 Å². The SMILES string of the molecule is O=C1c2cc3ccccc3nc2NC(c2cccc(Cl)c2)N1c1ccccc1. The number of para-hydroxylation sites is 2. The normalized spacial score (nSPS) is 16.0. The van der Waals surface area contributed by atoms with Crippen LogP contribution in [0.15, 0.2) is 84.9 Å². The maximum atomic E-state index is 13.5. The Kier molecular flexibility index (Phi) is 3.99. The van der Waals surface area contributed by atoms with E-state index in [9.17, 15) is 4.79 Å². The van der Waals surface area contributed by atoms with Crippen LogP contribution in [0.5, 0.6) is 0 Å². The maximum absolute atomic E-state index is 13.5. The molecule has 0 saturated carbocycles.